The van der Waals surface area contributed by atoms with E-state index < -0.39 is 0 Å². The van der Waals surface area contributed by atoms with E-state index in [1.54, 1.807) is 36.4 Å². The van der Waals surface area contributed by atoms with E-state index in [9.17, 15) is 9.59 Å². The zero-order chi connectivity index (χ0) is 21.2. The number of ether oxygens (including phenoxy) is 2. The molecular weight excluding hydrogens is 415 g/mol. The highest BCUT2D eigenvalue weighted by atomic mass is 35.5. The lowest BCUT2D eigenvalue weighted by Crippen LogP contribution is -2.27. The predicted octanol–water partition coefficient (Wildman–Crippen LogP) is 4.94. The number of rotatable bonds is 10. The number of hydrogen-bond donors (Lipinski definition) is 2. The van der Waals surface area contributed by atoms with Crippen LogP contribution in [0.15, 0.2) is 36.4 Å². The molecule has 2 rings (SSSR count). The third kappa shape index (κ3) is 7.48. The van der Waals surface area contributed by atoms with Crippen LogP contribution in [-0.4, -0.2) is 31.6 Å². The smallest absolute Gasteiger partial charge is 0.251 e. The number of carbonyl (C=O) groups excluding carboxylic acids is 2. The lowest BCUT2D eigenvalue weighted by Gasteiger charge is -2.13. The van der Waals surface area contributed by atoms with Crippen molar-refractivity contribution in [3.8, 4) is 11.5 Å². The monoisotopic (exact) mass is 438 g/mol. The quantitative estimate of drug-likeness (QED) is 0.550. The van der Waals surface area contributed by atoms with Gasteiger partial charge in [0, 0.05) is 34.3 Å². The van der Waals surface area contributed by atoms with Crippen LogP contribution in [0.3, 0.4) is 0 Å². The average Bonchev–Trinajstić information content (AvgIpc) is 2.66. The second kappa shape index (κ2) is 11.5. The van der Waals surface area contributed by atoms with Crippen molar-refractivity contribution in [1.29, 1.82) is 0 Å². The Hall–Kier alpha value is -2.44. The van der Waals surface area contributed by atoms with E-state index in [0.717, 1.165) is 6.42 Å². The Morgan fingerprint density at radius 1 is 0.966 bits per heavy atom. The summed E-state index contributed by atoms with van der Waals surface area (Å²) >= 11 is 11.8. The maximum atomic E-state index is 12.4. The summed E-state index contributed by atoms with van der Waals surface area (Å²) in [4.78, 5) is 24.4. The maximum absolute atomic E-state index is 12.4. The zero-order valence-electron chi connectivity index (χ0n) is 16.4. The van der Waals surface area contributed by atoms with Gasteiger partial charge in [-0.2, -0.15) is 0 Å². The van der Waals surface area contributed by atoms with Gasteiger partial charge in [0.25, 0.3) is 5.91 Å². The van der Waals surface area contributed by atoms with Gasteiger partial charge in [0.05, 0.1) is 13.2 Å². The Labute approximate surface area is 180 Å². The lowest BCUT2D eigenvalue weighted by molar-refractivity contribution is -0.116. The summed E-state index contributed by atoms with van der Waals surface area (Å²) in [5.74, 6) is 0.558. The third-order valence-electron chi connectivity index (χ3n) is 3.75. The van der Waals surface area contributed by atoms with Crippen LogP contribution in [0.1, 0.15) is 37.0 Å². The van der Waals surface area contributed by atoms with Crippen LogP contribution in [0.4, 0.5) is 5.69 Å². The van der Waals surface area contributed by atoms with Crippen LogP contribution in [0, 0.1) is 0 Å². The van der Waals surface area contributed by atoms with E-state index in [0.29, 0.717) is 46.0 Å². The Morgan fingerprint density at radius 3 is 2.34 bits per heavy atom. The zero-order valence-corrected chi connectivity index (χ0v) is 17.9. The molecule has 2 N–H and O–H groups in total. The van der Waals surface area contributed by atoms with Gasteiger partial charge < -0.3 is 20.1 Å². The van der Waals surface area contributed by atoms with Crippen molar-refractivity contribution in [2.75, 3.05) is 25.1 Å². The lowest BCUT2D eigenvalue weighted by atomic mass is 10.2. The highest BCUT2D eigenvalue weighted by Crippen LogP contribution is 2.28. The van der Waals surface area contributed by atoms with Crippen LogP contribution in [0.25, 0.3) is 0 Å². The molecule has 0 heterocycles. The van der Waals surface area contributed by atoms with E-state index in [1.807, 2.05) is 13.8 Å². The molecule has 29 heavy (non-hydrogen) atoms. The Bertz CT molecular complexity index is 838. The minimum Gasteiger partial charge on any atom is -0.490 e. The van der Waals surface area contributed by atoms with Gasteiger partial charge in [0.15, 0.2) is 11.5 Å². The molecule has 2 aromatic carbocycles. The molecule has 0 aromatic heterocycles. The maximum Gasteiger partial charge on any atom is 0.251 e. The summed E-state index contributed by atoms with van der Waals surface area (Å²) < 4.78 is 11.2. The molecule has 0 radical (unpaired) electrons. The molecule has 0 saturated carbocycles. The van der Waals surface area contributed by atoms with Gasteiger partial charge in [0.1, 0.15) is 0 Å². The van der Waals surface area contributed by atoms with Crippen molar-refractivity contribution in [3.63, 3.8) is 0 Å². The Morgan fingerprint density at radius 2 is 1.69 bits per heavy atom. The van der Waals surface area contributed by atoms with Crippen LogP contribution < -0.4 is 20.1 Å². The van der Waals surface area contributed by atoms with Gasteiger partial charge >= 0.3 is 0 Å². The number of hydrogen-bond acceptors (Lipinski definition) is 4. The number of carbonyl (C=O) groups is 2. The summed E-state index contributed by atoms with van der Waals surface area (Å²) in [7, 11) is 0. The number of amides is 2. The first kappa shape index (κ1) is 22.8. The van der Waals surface area contributed by atoms with E-state index >= 15 is 0 Å². The van der Waals surface area contributed by atoms with E-state index in [1.165, 1.54) is 0 Å². The molecule has 0 aliphatic carbocycles. The second-order valence-corrected chi connectivity index (χ2v) is 7.03. The van der Waals surface area contributed by atoms with Crippen LogP contribution >= 0.6 is 23.2 Å². The summed E-state index contributed by atoms with van der Waals surface area (Å²) in [6.45, 7) is 5.08. The molecule has 8 heteroatoms. The molecule has 2 amide bonds. The van der Waals surface area contributed by atoms with Crippen LogP contribution in [0.5, 0.6) is 11.5 Å². The van der Waals surface area contributed by atoms with Crippen molar-refractivity contribution in [1.82, 2.24) is 5.32 Å². The minimum absolute atomic E-state index is 0.103. The first-order chi connectivity index (χ1) is 13.9. The molecular formula is C21H24Cl2N2O4. The summed E-state index contributed by atoms with van der Waals surface area (Å²) in [5, 5.41) is 6.27. The second-order valence-electron chi connectivity index (χ2n) is 6.16. The molecule has 0 fully saturated rings. The number of nitrogens with one attached hydrogen (secondary N) is 2. The van der Waals surface area contributed by atoms with Crippen molar-refractivity contribution in [2.45, 2.75) is 26.7 Å². The van der Waals surface area contributed by atoms with Gasteiger partial charge in [-0.15, -0.1) is 0 Å². The van der Waals surface area contributed by atoms with Crippen molar-refractivity contribution in [3.05, 3.63) is 52.0 Å². The highest BCUT2D eigenvalue weighted by molar-refractivity contribution is 6.35. The van der Waals surface area contributed by atoms with Gasteiger partial charge in [0.2, 0.25) is 5.91 Å². The van der Waals surface area contributed by atoms with Crippen molar-refractivity contribution in [2.24, 2.45) is 0 Å². The van der Waals surface area contributed by atoms with Crippen LogP contribution in [0.2, 0.25) is 10.0 Å². The molecule has 156 valence electrons. The normalized spacial score (nSPS) is 10.3. The first-order valence-corrected chi connectivity index (χ1v) is 10.1. The fourth-order valence-electron chi connectivity index (χ4n) is 2.49. The molecule has 0 aliphatic rings. The molecule has 0 atom stereocenters. The standard InChI is InChI=1S/C21H24Cl2N2O4/c1-3-9-29-18-6-5-14(10-19(18)28-4-2)21(27)24-8-7-20(26)25-17-12-15(22)11-16(23)13-17/h5-6,10-13H,3-4,7-9H2,1-2H3,(H,24,27)(H,25,26). The average molecular weight is 439 g/mol. The molecule has 0 saturated heterocycles. The number of benzene rings is 2. The topological polar surface area (TPSA) is 76.7 Å². The Balaban J connectivity index is 1.89. The van der Waals surface area contributed by atoms with E-state index in [2.05, 4.69) is 10.6 Å². The summed E-state index contributed by atoms with van der Waals surface area (Å²) in [6, 6.07) is 9.79. The van der Waals surface area contributed by atoms with Crippen LogP contribution in [-0.2, 0) is 4.79 Å². The highest BCUT2D eigenvalue weighted by Gasteiger charge is 2.12. The van der Waals surface area contributed by atoms with E-state index in [-0.39, 0.29) is 24.8 Å². The van der Waals surface area contributed by atoms with Gasteiger partial charge in [-0.05, 0) is 49.7 Å². The number of halogens is 2. The molecule has 0 unspecified atom stereocenters. The van der Waals surface area contributed by atoms with Gasteiger partial charge in [-0.3, -0.25) is 9.59 Å². The molecule has 0 bridgehead atoms. The fourth-order valence-corrected chi connectivity index (χ4v) is 3.02. The molecule has 6 nitrogen and oxygen atoms in total. The van der Waals surface area contributed by atoms with Crippen molar-refractivity contribution >= 4 is 40.7 Å². The van der Waals surface area contributed by atoms with E-state index in [4.69, 9.17) is 32.7 Å². The largest absolute Gasteiger partial charge is 0.490 e. The Kier molecular flexibility index (Phi) is 9.09. The molecule has 2 aromatic rings. The fraction of sp³-hybridized carbons (Fsp3) is 0.333. The van der Waals surface area contributed by atoms with Crippen molar-refractivity contribution < 1.29 is 19.1 Å². The summed E-state index contributed by atoms with van der Waals surface area (Å²) in [5.41, 5.74) is 0.933. The molecule has 0 spiro atoms. The van der Waals surface area contributed by atoms with Gasteiger partial charge in [-0.25, -0.2) is 0 Å². The number of anilines is 1. The van der Waals surface area contributed by atoms with Gasteiger partial charge in [-0.1, -0.05) is 30.1 Å². The summed E-state index contributed by atoms with van der Waals surface area (Å²) in [6.07, 6.45) is 0.975. The predicted molar refractivity (Wildman–Crippen MR) is 115 cm³/mol. The molecule has 0 aliphatic heterocycles. The first-order valence-electron chi connectivity index (χ1n) is 9.36. The third-order valence-corrected chi connectivity index (χ3v) is 4.19. The minimum atomic E-state index is -0.299. The SMILES string of the molecule is CCCOc1ccc(C(=O)NCCC(=O)Nc2cc(Cl)cc(Cl)c2)cc1OCC.